The molecule has 0 heterocycles. The molecule has 0 atom stereocenters. The van der Waals surface area contributed by atoms with E-state index in [1.165, 1.54) is 0 Å². The van der Waals surface area contributed by atoms with E-state index in [-0.39, 0.29) is 0 Å². The quantitative estimate of drug-likeness (QED) is 0.651. The lowest BCUT2D eigenvalue weighted by Crippen LogP contribution is -2.34. The molecule has 0 aliphatic rings. The summed E-state index contributed by atoms with van der Waals surface area (Å²) in [5.41, 5.74) is -2.08. The summed E-state index contributed by atoms with van der Waals surface area (Å²) >= 11 is 0. The van der Waals surface area contributed by atoms with Crippen LogP contribution in [0.15, 0.2) is 4.90 Å². The maximum absolute atomic E-state index is 13.9. The smallest absolute Gasteiger partial charge is 0.410 e. The van der Waals surface area contributed by atoms with Crippen LogP contribution in [-0.4, -0.2) is 32.1 Å². The van der Waals surface area contributed by atoms with E-state index in [1.807, 2.05) is 0 Å². The van der Waals surface area contributed by atoms with E-state index in [2.05, 4.69) is 5.14 Å². The molecule has 1 aromatic rings. The number of primary sulfonamides is 1. The number of nitrogens with two attached hydrogens (primary N) is 1. The molecule has 0 aliphatic heterocycles. The first kappa shape index (κ1) is 20.2. The standard InChI is InChI=1S/C13H16F4N2O4S/c1-13(2,3)23-12(20)19(4)5-6-7(14)9(16)11(24(18,21)22)10(17)8(6)15/h5H2,1-4H3,(H2,18,21,22). The summed E-state index contributed by atoms with van der Waals surface area (Å²) in [5, 5.41) is 4.54. The predicted molar refractivity (Wildman–Crippen MR) is 75.3 cm³/mol. The molecule has 0 saturated carbocycles. The van der Waals surface area contributed by atoms with E-state index >= 15 is 0 Å². The van der Waals surface area contributed by atoms with Crippen molar-refractivity contribution in [2.24, 2.45) is 5.14 Å². The van der Waals surface area contributed by atoms with Crippen molar-refractivity contribution in [1.29, 1.82) is 0 Å². The zero-order valence-electron chi connectivity index (χ0n) is 13.3. The average Bonchev–Trinajstić information content (AvgIpc) is 2.37. The van der Waals surface area contributed by atoms with E-state index in [0.717, 1.165) is 7.05 Å². The van der Waals surface area contributed by atoms with Crippen LogP contribution >= 0.6 is 0 Å². The van der Waals surface area contributed by atoms with Crippen LogP contribution in [0, 0.1) is 23.3 Å². The van der Waals surface area contributed by atoms with Crippen LogP contribution in [0.2, 0.25) is 0 Å². The van der Waals surface area contributed by atoms with Gasteiger partial charge in [0.15, 0.2) is 28.2 Å². The zero-order valence-corrected chi connectivity index (χ0v) is 14.1. The van der Waals surface area contributed by atoms with Crippen LogP contribution < -0.4 is 5.14 Å². The monoisotopic (exact) mass is 372 g/mol. The highest BCUT2D eigenvalue weighted by Crippen LogP contribution is 2.27. The second-order valence-electron chi connectivity index (χ2n) is 5.95. The summed E-state index contributed by atoms with van der Waals surface area (Å²) in [7, 11) is -3.95. The molecule has 0 unspecified atom stereocenters. The second-order valence-corrected chi connectivity index (χ2v) is 7.44. The van der Waals surface area contributed by atoms with E-state index in [9.17, 15) is 30.8 Å². The Labute approximate surface area is 136 Å². The lowest BCUT2D eigenvalue weighted by atomic mass is 10.1. The molecule has 11 heteroatoms. The third-order valence-electron chi connectivity index (χ3n) is 2.70. The minimum absolute atomic E-state index is 0.669. The fourth-order valence-corrected chi connectivity index (χ4v) is 2.37. The number of benzene rings is 1. The summed E-state index contributed by atoms with van der Waals surface area (Å²) in [6, 6.07) is 0. The summed E-state index contributed by atoms with van der Waals surface area (Å²) in [6.45, 7) is 3.73. The molecule has 2 N–H and O–H groups in total. The van der Waals surface area contributed by atoms with Gasteiger partial charge in [0.2, 0.25) is 10.0 Å². The van der Waals surface area contributed by atoms with E-state index < -0.39 is 62.0 Å². The Morgan fingerprint density at radius 3 is 1.83 bits per heavy atom. The highest BCUT2D eigenvalue weighted by atomic mass is 32.2. The van der Waals surface area contributed by atoms with Gasteiger partial charge < -0.3 is 9.64 Å². The van der Waals surface area contributed by atoms with Gasteiger partial charge in [-0.05, 0) is 20.8 Å². The molecule has 136 valence electrons. The van der Waals surface area contributed by atoms with Crippen LogP contribution in [0.4, 0.5) is 22.4 Å². The van der Waals surface area contributed by atoms with Gasteiger partial charge >= 0.3 is 6.09 Å². The highest BCUT2D eigenvalue weighted by molar-refractivity contribution is 7.89. The van der Waals surface area contributed by atoms with Crippen molar-refractivity contribution in [1.82, 2.24) is 4.90 Å². The van der Waals surface area contributed by atoms with Crippen molar-refractivity contribution in [3.05, 3.63) is 28.8 Å². The van der Waals surface area contributed by atoms with Crippen LogP contribution in [0.1, 0.15) is 26.3 Å². The molecule has 0 aromatic heterocycles. The van der Waals surface area contributed by atoms with Crippen LogP contribution in [-0.2, 0) is 21.3 Å². The van der Waals surface area contributed by atoms with Crippen molar-refractivity contribution >= 4 is 16.1 Å². The molecule has 1 rings (SSSR count). The summed E-state index contributed by atoms with van der Waals surface area (Å²) in [5.74, 6) is -8.25. The van der Waals surface area contributed by atoms with Gasteiger partial charge in [-0.25, -0.2) is 35.9 Å². The number of carbonyl (C=O) groups is 1. The first-order valence-electron chi connectivity index (χ1n) is 6.48. The normalized spacial score (nSPS) is 12.2. The SMILES string of the molecule is CN(Cc1c(F)c(F)c(S(N)(=O)=O)c(F)c1F)C(=O)OC(C)(C)C. The Balaban J connectivity index is 3.31. The van der Waals surface area contributed by atoms with Gasteiger partial charge in [0.05, 0.1) is 6.54 Å². The molecule has 0 fully saturated rings. The minimum Gasteiger partial charge on any atom is -0.444 e. The summed E-state index contributed by atoms with van der Waals surface area (Å²) in [6.07, 6.45) is -1.00. The fourth-order valence-electron chi connectivity index (χ4n) is 1.69. The van der Waals surface area contributed by atoms with Gasteiger partial charge in [0.25, 0.3) is 0 Å². The van der Waals surface area contributed by atoms with Gasteiger partial charge in [-0.15, -0.1) is 0 Å². The zero-order chi connectivity index (χ0) is 19.0. The number of ether oxygens (including phenoxy) is 1. The maximum Gasteiger partial charge on any atom is 0.410 e. The lowest BCUT2D eigenvalue weighted by Gasteiger charge is -2.25. The largest absolute Gasteiger partial charge is 0.444 e. The molecular weight excluding hydrogens is 356 g/mol. The molecule has 24 heavy (non-hydrogen) atoms. The molecular formula is C13H16F4N2O4S. The molecule has 1 amide bonds. The number of halogens is 4. The highest BCUT2D eigenvalue weighted by Gasteiger charge is 2.32. The molecule has 6 nitrogen and oxygen atoms in total. The third-order valence-corrected chi connectivity index (χ3v) is 3.63. The Morgan fingerprint density at radius 2 is 1.50 bits per heavy atom. The van der Waals surface area contributed by atoms with E-state index in [0.29, 0.717) is 4.90 Å². The Hall–Kier alpha value is -1.88. The topological polar surface area (TPSA) is 89.7 Å². The van der Waals surface area contributed by atoms with E-state index in [4.69, 9.17) is 4.74 Å². The maximum atomic E-state index is 13.9. The second kappa shape index (κ2) is 6.55. The van der Waals surface area contributed by atoms with Gasteiger partial charge in [0.1, 0.15) is 5.60 Å². The number of nitrogens with zero attached hydrogens (tertiary/aromatic N) is 1. The first-order valence-corrected chi connectivity index (χ1v) is 8.03. The van der Waals surface area contributed by atoms with Gasteiger partial charge in [0, 0.05) is 12.6 Å². The minimum atomic E-state index is -5.03. The lowest BCUT2D eigenvalue weighted by molar-refractivity contribution is 0.0281. The van der Waals surface area contributed by atoms with Crippen LogP contribution in [0.25, 0.3) is 0 Å². The van der Waals surface area contributed by atoms with Crippen LogP contribution in [0.3, 0.4) is 0 Å². The molecule has 0 bridgehead atoms. The summed E-state index contributed by atoms with van der Waals surface area (Å²) < 4.78 is 82.4. The number of carbonyl (C=O) groups excluding carboxylic acids is 1. The van der Waals surface area contributed by atoms with Crippen molar-refractivity contribution < 1.29 is 35.5 Å². The third kappa shape index (κ3) is 4.35. The van der Waals surface area contributed by atoms with Crippen molar-refractivity contribution in [2.45, 2.75) is 37.8 Å². The van der Waals surface area contributed by atoms with Gasteiger partial charge in [-0.3, -0.25) is 0 Å². The Kier molecular flexibility index (Phi) is 5.51. The average molecular weight is 372 g/mol. The molecule has 0 aliphatic carbocycles. The Bertz CT molecular complexity index is 746. The summed E-state index contributed by atoms with van der Waals surface area (Å²) in [4.78, 5) is 10.5. The Morgan fingerprint density at radius 1 is 1.08 bits per heavy atom. The number of hydrogen-bond donors (Lipinski definition) is 1. The predicted octanol–water partition coefficient (Wildman–Crippen LogP) is 2.26. The molecule has 0 saturated heterocycles. The van der Waals surface area contributed by atoms with Crippen molar-refractivity contribution in [2.75, 3.05) is 7.05 Å². The number of sulfonamides is 1. The van der Waals surface area contributed by atoms with E-state index in [1.54, 1.807) is 20.8 Å². The van der Waals surface area contributed by atoms with Crippen molar-refractivity contribution in [3.63, 3.8) is 0 Å². The molecule has 1 aromatic carbocycles. The fraction of sp³-hybridized carbons (Fsp3) is 0.462. The number of amides is 1. The van der Waals surface area contributed by atoms with Crippen LogP contribution in [0.5, 0.6) is 0 Å². The van der Waals surface area contributed by atoms with Gasteiger partial charge in [-0.2, -0.15) is 0 Å². The van der Waals surface area contributed by atoms with Gasteiger partial charge in [-0.1, -0.05) is 0 Å². The number of hydrogen-bond acceptors (Lipinski definition) is 4. The number of rotatable bonds is 3. The molecule has 0 spiro atoms. The molecule has 0 radical (unpaired) electrons. The van der Waals surface area contributed by atoms with Crippen molar-refractivity contribution in [3.8, 4) is 0 Å². The first-order chi connectivity index (χ1) is 10.7.